The maximum absolute atomic E-state index is 4.44. The zero-order chi connectivity index (χ0) is 13.1. The Bertz CT molecular complexity index is 564. The number of anilines is 1. The van der Waals surface area contributed by atoms with Crippen molar-refractivity contribution in [2.75, 3.05) is 5.32 Å². The lowest BCUT2D eigenvalue weighted by Crippen LogP contribution is -2.07. The summed E-state index contributed by atoms with van der Waals surface area (Å²) in [6, 6.07) is 2.03. The van der Waals surface area contributed by atoms with E-state index in [1.807, 2.05) is 39.2 Å². The summed E-state index contributed by atoms with van der Waals surface area (Å²) in [6.45, 7) is 8.77. The second kappa shape index (κ2) is 5.12. The van der Waals surface area contributed by atoms with Gasteiger partial charge < -0.3 is 5.32 Å². The third-order valence-corrected chi connectivity index (χ3v) is 3.08. The molecule has 0 amide bonds. The highest BCUT2D eigenvalue weighted by Crippen LogP contribution is 2.16. The highest BCUT2D eigenvalue weighted by molar-refractivity contribution is 5.46. The average molecular weight is 242 g/mol. The van der Waals surface area contributed by atoms with Crippen molar-refractivity contribution in [2.24, 2.45) is 0 Å². The van der Waals surface area contributed by atoms with Crippen molar-refractivity contribution in [2.45, 2.75) is 34.2 Å². The Balaban J connectivity index is 2.18. The molecular weight excluding hydrogens is 224 g/mol. The van der Waals surface area contributed by atoms with Gasteiger partial charge in [-0.1, -0.05) is 0 Å². The molecule has 0 bridgehead atoms. The fraction of sp³-hybridized carbons (Fsp3) is 0.357. The number of hydrogen-bond donors (Lipinski definition) is 1. The molecule has 0 aliphatic heterocycles. The van der Waals surface area contributed by atoms with Crippen LogP contribution in [0.25, 0.3) is 0 Å². The summed E-state index contributed by atoms with van der Waals surface area (Å²) in [7, 11) is 0. The maximum Gasteiger partial charge on any atom is 0.133 e. The third-order valence-electron chi connectivity index (χ3n) is 3.08. The quantitative estimate of drug-likeness (QED) is 0.899. The Morgan fingerprint density at radius 1 is 1.11 bits per heavy atom. The number of nitrogens with zero attached hydrogens (tertiary/aromatic N) is 3. The van der Waals surface area contributed by atoms with Crippen LogP contribution in [0.4, 0.5) is 5.82 Å². The predicted octanol–water partition coefficient (Wildman–Crippen LogP) is 2.72. The van der Waals surface area contributed by atoms with Crippen molar-refractivity contribution in [3.05, 3.63) is 46.7 Å². The van der Waals surface area contributed by atoms with Gasteiger partial charge in [-0.2, -0.15) is 0 Å². The molecule has 1 N–H and O–H groups in total. The van der Waals surface area contributed by atoms with Gasteiger partial charge in [-0.3, -0.25) is 4.98 Å². The number of aromatic nitrogens is 3. The molecule has 2 aromatic rings. The second-order valence-electron chi connectivity index (χ2n) is 4.49. The first-order chi connectivity index (χ1) is 8.58. The Labute approximate surface area is 108 Å². The molecule has 94 valence electrons. The standard InChI is InChI=1S/C14H18N4/c1-9-7-15-6-5-13(9)8-16-14-10(2)11(3)17-12(4)18-14/h5-7H,8H2,1-4H3,(H,16,17,18). The van der Waals surface area contributed by atoms with Gasteiger partial charge in [-0.05, 0) is 44.9 Å². The number of aryl methyl sites for hydroxylation is 3. The van der Waals surface area contributed by atoms with E-state index < -0.39 is 0 Å². The van der Waals surface area contributed by atoms with E-state index in [2.05, 4.69) is 27.2 Å². The van der Waals surface area contributed by atoms with Crippen LogP contribution in [-0.2, 0) is 6.54 Å². The predicted molar refractivity (Wildman–Crippen MR) is 72.5 cm³/mol. The van der Waals surface area contributed by atoms with Crippen LogP contribution < -0.4 is 5.32 Å². The van der Waals surface area contributed by atoms with Crippen LogP contribution in [0, 0.1) is 27.7 Å². The summed E-state index contributed by atoms with van der Waals surface area (Å²) in [5.74, 6) is 1.71. The molecule has 0 saturated heterocycles. The van der Waals surface area contributed by atoms with Crippen LogP contribution in [-0.4, -0.2) is 15.0 Å². The summed E-state index contributed by atoms with van der Waals surface area (Å²) in [4.78, 5) is 12.9. The zero-order valence-electron chi connectivity index (χ0n) is 11.3. The molecule has 0 aliphatic rings. The lowest BCUT2D eigenvalue weighted by atomic mass is 10.1. The van der Waals surface area contributed by atoms with Crippen molar-refractivity contribution in [3.8, 4) is 0 Å². The average Bonchev–Trinajstić information content (AvgIpc) is 2.33. The molecule has 4 nitrogen and oxygen atoms in total. The monoisotopic (exact) mass is 242 g/mol. The van der Waals surface area contributed by atoms with Crippen LogP contribution in [0.5, 0.6) is 0 Å². The van der Waals surface area contributed by atoms with E-state index >= 15 is 0 Å². The molecule has 0 aromatic carbocycles. The van der Waals surface area contributed by atoms with Gasteiger partial charge in [-0.15, -0.1) is 0 Å². The largest absolute Gasteiger partial charge is 0.366 e. The first kappa shape index (κ1) is 12.5. The van der Waals surface area contributed by atoms with Gasteiger partial charge in [0.2, 0.25) is 0 Å². The molecule has 18 heavy (non-hydrogen) atoms. The van der Waals surface area contributed by atoms with Gasteiger partial charge in [0.1, 0.15) is 11.6 Å². The summed E-state index contributed by atoms with van der Waals surface area (Å²) in [5.41, 5.74) is 4.55. The lowest BCUT2D eigenvalue weighted by molar-refractivity contribution is 0.965. The molecule has 2 aromatic heterocycles. The Morgan fingerprint density at radius 3 is 2.61 bits per heavy atom. The number of hydrogen-bond acceptors (Lipinski definition) is 4. The molecule has 2 heterocycles. The summed E-state index contributed by atoms with van der Waals surface area (Å²) >= 11 is 0. The molecule has 0 atom stereocenters. The number of pyridine rings is 1. The molecule has 2 rings (SSSR count). The number of nitrogens with one attached hydrogen (secondary N) is 1. The Hall–Kier alpha value is -1.97. The normalized spacial score (nSPS) is 10.4. The summed E-state index contributed by atoms with van der Waals surface area (Å²) in [6.07, 6.45) is 3.69. The van der Waals surface area contributed by atoms with E-state index in [1.165, 1.54) is 11.1 Å². The third kappa shape index (κ3) is 2.64. The topological polar surface area (TPSA) is 50.7 Å². The summed E-state index contributed by atoms with van der Waals surface area (Å²) in [5, 5.41) is 3.37. The van der Waals surface area contributed by atoms with E-state index in [-0.39, 0.29) is 0 Å². The van der Waals surface area contributed by atoms with Crippen molar-refractivity contribution in [1.29, 1.82) is 0 Å². The van der Waals surface area contributed by atoms with E-state index in [4.69, 9.17) is 0 Å². The van der Waals surface area contributed by atoms with Gasteiger partial charge in [-0.25, -0.2) is 9.97 Å². The maximum atomic E-state index is 4.44. The highest BCUT2D eigenvalue weighted by atomic mass is 15.0. The smallest absolute Gasteiger partial charge is 0.133 e. The fourth-order valence-corrected chi connectivity index (χ4v) is 1.82. The molecule has 0 spiro atoms. The molecule has 0 radical (unpaired) electrons. The molecule has 0 unspecified atom stereocenters. The van der Waals surface area contributed by atoms with Crippen molar-refractivity contribution in [3.63, 3.8) is 0 Å². The minimum atomic E-state index is 0.755. The molecule has 0 saturated carbocycles. The fourth-order valence-electron chi connectivity index (χ4n) is 1.82. The van der Waals surface area contributed by atoms with Gasteiger partial charge in [0.05, 0.1) is 0 Å². The van der Waals surface area contributed by atoms with Crippen LogP contribution in [0.15, 0.2) is 18.5 Å². The zero-order valence-corrected chi connectivity index (χ0v) is 11.3. The van der Waals surface area contributed by atoms with E-state index in [9.17, 15) is 0 Å². The SMILES string of the molecule is Cc1nc(C)c(C)c(NCc2ccncc2C)n1. The van der Waals surface area contributed by atoms with Gasteiger partial charge in [0.15, 0.2) is 0 Å². The Kier molecular flexibility index (Phi) is 3.55. The Morgan fingerprint density at radius 2 is 1.89 bits per heavy atom. The van der Waals surface area contributed by atoms with Gasteiger partial charge in [0, 0.05) is 30.2 Å². The van der Waals surface area contributed by atoms with Gasteiger partial charge >= 0.3 is 0 Å². The van der Waals surface area contributed by atoms with Crippen LogP contribution >= 0.6 is 0 Å². The van der Waals surface area contributed by atoms with Crippen molar-refractivity contribution in [1.82, 2.24) is 15.0 Å². The molecule has 4 heteroatoms. The minimum absolute atomic E-state index is 0.755. The summed E-state index contributed by atoms with van der Waals surface area (Å²) < 4.78 is 0. The first-order valence-corrected chi connectivity index (χ1v) is 6.03. The van der Waals surface area contributed by atoms with Crippen LogP contribution in [0.3, 0.4) is 0 Å². The van der Waals surface area contributed by atoms with Crippen LogP contribution in [0.1, 0.15) is 28.2 Å². The lowest BCUT2D eigenvalue weighted by Gasteiger charge is -2.12. The van der Waals surface area contributed by atoms with E-state index in [1.54, 1.807) is 0 Å². The van der Waals surface area contributed by atoms with Crippen LogP contribution in [0.2, 0.25) is 0 Å². The minimum Gasteiger partial charge on any atom is -0.366 e. The molecular formula is C14H18N4. The van der Waals surface area contributed by atoms with E-state index in [0.717, 1.165) is 29.4 Å². The van der Waals surface area contributed by atoms with Crippen molar-refractivity contribution < 1.29 is 0 Å². The van der Waals surface area contributed by atoms with E-state index in [0.29, 0.717) is 0 Å². The molecule has 0 fully saturated rings. The first-order valence-electron chi connectivity index (χ1n) is 6.03. The molecule has 0 aliphatic carbocycles. The van der Waals surface area contributed by atoms with Crippen molar-refractivity contribution >= 4 is 5.82 Å². The second-order valence-corrected chi connectivity index (χ2v) is 4.49. The van der Waals surface area contributed by atoms with Gasteiger partial charge in [0.25, 0.3) is 0 Å². The highest BCUT2D eigenvalue weighted by Gasteiger charge is 2.06. The number of rotatable bonds is 3.